The highest BCUT2D eigenvalue weighted by molar-refractivity contribution is 6.01. The Labute approximate surface area is 159 Å². The van der Waals surface area contributed by atoms with Crippen molar-refractivity contribution in [2.75, 3.05) is 13.6 Å². The highest BCUT2D eigenvalue weighted by Crippen LogP contribution is 2.33. The van der Waals surface area contributed by atoms with Crippen LogP contribution in [0, 0.1) is 5.92 Å². The van der Waals surface area contributed by atoms with Gasteiger partial charge in [-0.3, -0.25) is 9.69 Å². The molecule has 2 aromatic rings. The maximum atomic E-state index is 13.1. The van der Waals surface area contributed by atoms with Crippen molar-refractivity contribution < 1.29 is 13.6 Å². The third-order valence-corrected chi connectivity index (χ3v) is 5.84. The van der Waals surface area contributed by atoms with Crippen molar-refractivity contribution in [1.29, 1.82) is 0 Å². The summed E-state index contributed by atoms with van der Waals surface area (Å²) in [5.74, 6) is 2.26. The molecule has 6 heteroatoms. The molecule has 2 aliphatic rings. The predicted octanol–water partition coefficient (Wildman–Crippen LogP) is 4.06. The van der Waals surface area contributed by atoms with Gasteiger partial charge >= 0.3 is 0 Å². The number of amides is 1. The van der Waals surface area contributed by atoms with E-state index in [-0.39, 0.29) is 11.9 Å². The highest BCUT2D eigenvalue weighted by atomic mass is 16.3. The average Bonchev–Trinajstić information content (AvgIpc) is 3.41. The number of hydrogen-bond donors (Lipinski definition) is 0. The number of carbonyl (C=O) groups excluding carboxylic acids is 1. The molecule has 144 valence electrons. The fraction of sp³-hybridized carbons (Fsp3) is 0.524. The molecule has 6 nitrogen and oxygen atoms in total. The zero-order chi connectivity index (χ0) is 18.8. The lowest BCUT2D eigenvalue weighted by molar-refractivity contribution is -0.135. The van der Waals surface area contributed by atoms with Gasteiger partial charge in [-0.2, -0.15) is 5.10 Å². The van der Waals surface area contributed by atoms with Gasteiger partial charge in [0.2, 0.25) is 0 Å². The molecule has 0 N–H and O–H groups in total. The zero-order valence-corrected chi connectivity index (χ0v) is 16.0. The van der Waals surface area contributed by atoms with Crippen LogP contribution in [0.15, 0.2) is 50.7 Å². The van der Waals surface area contributed by atoms with Gasteiger partial charge < -0.3 is 8.83 Å². The van der Waals surface area contributed by atoms with E-state index in [1.54, 1.807) is 17.5 Å². The monoisotopic (exact) mass is 369 g/mol. The van der Waals surface area contributed by atoms with Crippen LogP contribution in [0.3, 0.4) is 0 Å². The minimum absolute atomic E-state index is 0.000854. The molecule has 1 fully saturated rings. The molecule has 0 bridgehead atoms. The topological polar surface area (TPSA) is 62.2 Å². The zero-order valence-electron chi connectivity index (χ0n) is 16.0. The molecule has 1 aliphatic heterocycles. The predicted molar refractivity (Wildman–Crippen MR) is 102 cm³/mol. The van der Waals surface area contributed by atoms with Crippen molar-refractivity contribution in [3.63, 3.8) is 0 Å². The van der Waals surface area contributed by atoms with Gasteiger partial charge in [0.05, 0.1) is 19.1 Å². The van der Waals surface area contributed by atoms with Crippen LogP contribution >= 0.6 is 0 Å². The van der Waals surface area contributed by atoms with Crippen LogP contribution in [0.5, 0.6) is 0 Å². The largest absolute Gasteiger partial charge is 0.467 e. The third-order valence-electron chi connectivity index (χ3n) is 5.84. The first kappa shape index (κ1) is 18.0. The molecular formula is C21H27N3O3. The van der Waals surface area contributed by atoms with Gasteiger partial charge in [-0.15, -0.1) is 0 Å². The highest BCUT2D eigenvalue weighted by Gasteiger charge is 2.36. The average molecular weight is 369 g/mol. The van der Waals surface area contributed by atoms with Gasteiger partial charge in [0.25, 0.3) is 5.91 Å². The van der Waals surface area contributed by atoms with E-state index in [0.29, 0.717) is 24.8 Å². The minimum Gasteiger partial charge on any atom is -0.467 e. The minimum atomic E-state index is -0.215. The van der Waals surface area contributed by atoms with Crippen LogP contribution in [0.1, 0.15) is 56.6 Å². The molecule has 3 heterocycles. The van der Waals surface area contributed by atoms with Crippen LogP contribution in [-0.4, -0.2) is 41.2 Å². The molecule has 0 radical (unpaired) electrons. The molecule has 1 unspecified atom stereocenters. The maximum absolute atomic E-state index is 13.1. The number of hydrazone groups is 1. The van der Waals surface area contributed by atoms with Gasteiger partial charge in [-0.25, -0.2) is 5.01 Å². The second-order valence-electron chi connectivity index (χ2n) is 7.83. The summed E-state index contributed by atoms with van der Waals surface area (Å²) in [6.07, 6.45) is 8.66. The Hall–Kier alpha value is -2.34. The van der Waals surface area contributed by atoms with E-state index in [9.17, 15) is 4.79 Å². The molecule has 2 aromatic heterocycles. The Morgan fingerprint density at radius 3 is 2.59 bits per heavy atom. The van der Waals surface area contributed by atoms with Gasteiger partial charge in [0.15, 0.2) is 0 Å². The fourth-order valence-corrected chi connectivity index (χ4v) is 4.13. The van der Waals surface area contributed by atoms with Gasteiger partial charge in [-0.05, 0) is 62.9 Å². The molecule has 1 aliphatic carbocycles. The molecule has 0 saturated heterocycles. The van der Waals surface area contributed by atoms with Crippen molar-refractivity contribution in [3.05, 3.63) is 48.3 Å². The lowest BCUT2D eigenvalue weighted by Crippen LogP contribution is -2.42. The van der Waals surface area contributed by atoms with Gasteiger partial charge in [0.1, 0.15) is 23.3 Å². The van der Waals surface area contributed by atoms with Gasteiger partial charge in [-0.1, -0.05) is 6.92 Å². The van der Waals surface area contributed by atoms with Gasteiger partial charge in [0, 0.05) is 12.5 Å². The Morgan fingerprint density at radius 1 is 1.19 bits per heavy atom. The summed E-state index contributed by atoms with van der Waals surface area (Å²) in [5, 5.41) is 6.18. The fourth-order valence-electron chi connectivity index (χ4n) is 4.13. The van der Waals surface area contributed by atoms with E-state index < -0.39 is 0 Å². The Morgan fingerprint density at radius 2 is 1.93 bits per heavy atom. The summed E-state index contributed by atoms with van der Waals surface area (Å²) in [6.45, 7) is 2.68. The lowest BCUT2D eigenvalue weighted by atomic mass is 9.87. The summed E-state index contributed by atoms with van der Waals surface area (Å²) in [5.41, 5.74) is 0.781. The Kier molecular flexibility index (Phi) is 5.16. The first-order chi connectivity index (χ1) is 13.1. The van der Waals surface area contributed by atoms with Crippen LogP contribution in [0.25, 0.3) is 0 Å². The number of rotatable bonds is 5. The SMILES string of the molecule is CC1CCC(N(C)CC(=O)N2N=C(c3ccco3)CC2c2ccco2)CC1. The van der Waals surface area contributed by atoms with E-state index in [1.807, 2.05) is 31.3 Å². The summed E-state index contributed by atoms with van der Waals surface area (Å²) < 4.78 is 11.1. The van der Waals surface area contributed by atoms with Crippen molar-refractivity contribution >= 4 is 11.6 Å². The van der Waals surface area contributed by atoms with Crippen LogP contribution in [0.4, 0.5) is 0 Å². The van der Waals surface area contributed by atoms with Crippen molar-refractivity contribution in [1.82, 2.24) is 9.91 Å². The molecule has 1 atom stereocenters. The first-order valence-electron chi connectivity index (χ1n) is 9.79. The second kappa shape index (κ2) is 7.72. The molecular weight excluding hydrogens is 342 g/mol. The summed E-state index contributed by atoms with van der Waals surface area (Å²) in [6, 6.07) is 7.72. The van der Waals surface area contributed by atoms with Crippen LogP contribution < -0.4 is 0 Å². The third kappa shape index (κ3) is 3.86. The van der Waals surface area contributed by atoms with Crippen molar-refractivity contribution in [3.8, 4) is 0 Å². The summed E-state index contributed by atoms with van der Waals surface area (Å²) in [7, 11) is 2.05. The molecule has 0 spiro atoms. The van der Waals surface area contributed by atoms with E-state index in [0.717, 1.165) is 30.2 Å². The smallest absolute Gasteiger partial charge is 0.257 e. The number of carbonyl (C=O) groups is 1. The molecule has 27 heavy (non-hydrogen) atoms. The van der Waals surface area contributed by atoms with Crippen molar-refractivity contribution in [2.45, 2.75) is 51.1 Å². The van der Waals surface area contributed by atoms with E-state index in [1.165, 1.54) is 12.8 Å². The summed E-state index contributed by atoms with van der Waals surface area (Å²) >= 11 is 0. The molecule has 1 saturated carbocycles. The summed E-state index contributed by atoms with van der Waals surface area (Å²) in [4.78, 5) is 15.3. The number of furan rings is 2. The molecule has 1 amide bonds. The number of hydrogen-bond acceptors (Lipinski definition) is 5. The Balaban J connectivity index is 1.49. The van der Waals surface area contributed by atoms with E-state index in [2.05, 4.69) is 16.9 Å². The number of likely N-dealkylation sites (N-methyl/N-ethyl adjacent to an activating group) is 1. The lowest BCUT2D eigenvalue weighted by Gasteiger charge is -2.34. The van der Waals surface area contributed by atoms with Crippen LogP contribution in [0.2, 0.25) is 0 Å². The normalized spacial score (nSPS) is 25.8. The standard InChI is InChI=1S/C21H27N3O3/c1-15-7-9-16(10-8-15)23(2)14-21(25)24-18(20-6-4-12-27-20)13-17(22-24)19-5-3-11-26-19/h3-6,11-12,15-16,18H,7-10,13-14H2,1-2H3. The quantitative estimate of drug-likeness (QED) is 0.797. The van der Waals surface area contributed by atoms with Crippen LogP contribution in [-0.2, 0) is 4.79 Å². The maximum Gasteiger partial charge on any atom is 0.257 e. The molecule has 4 rings (SSSR count). The first-order valence-corrected chi connectivity index (χ1v) is 9.79. The second-order valence-corrected chi connectivity index (χ2v) is 7.83. The molecule has 0 aromatic carbocycles. The van der Waals surface area contributed by atoms with E-state index >= 15 is 0 Å². The Bertz CT molecular complexity index is 774. The number of nitrogens with zero attached hydrogens (tertiary/aromatic N) is 3. The van der Waals surface area contributed by atoms with Crippen molar-refractivity contribution in [2.24, 2.45) is 11.0 Å². The van der Waals surface area contributed by atoms with E-state index in [4.69, 9.17) is 8.83 Å².